The Bertz CT molecular complexity index is 1060. The fourth-order valence-electron chi connectivity index (χ4n) is 3.09. The summed E-state index contributed by atoms with van der Waals surface area (Å²) in [6.45, 7) is 7.97. The predicted molar refractivity (Wildman–Crippen MR) is 126 cm³/mol. The number of fused-ring (bicyclic) bond motifs is 1. The Morgan fingerprint density at radius 1 is 0.968 bits per heavy atom. The molecule has 6 heteroatoms. The molecule has 0 aliphatic rings. The average Bonchev–Trinajstić information content (AvgIpc) is 2.73. The Balaban J connectivity index is 1.62. The molecule has 3 rings (SSSR count). The number of rotatable bonds is 9. The number of hydrogen-bond acceptors (Lipinski definition) is 5. The zero-order valence-electron chi connectivity index (χ0n) is 18.4. The van der Waals surface area contributed by atoms with Gasteiger partial charge in [-0.3, -0.25) is 4.79 Å². The molecule has 0 heterocycles. The van der Waals surface area contributed by atoms with Gasteiger partial charge in [0, 0.05) is 22.7 Å². The molecule has 0 atom stereocenters. The highest BCUT2D eigenvalue weighted by Gasteiger charge is 2.08. The van der Waals surface area contributed by atoms with Crippen LogP contribution in [0.2, 0.25) is 0 Å². The van der Waals surface area contributed by atoms with Crippen LogP contribution in [0.5, 0.6) is 11.5 Å². The van der Waals surface area contributed by atoms with E-state index in [4.69, 9.17) is 9.47 Å². The van der Waals surface area contributed by atoms with E-state index in [9.17, 15) is 4.79 Å². The van der Waals surface area contributed by atoms with Crippen LogP contribution in [-0.4, -0.2) is 30.9 Å². The van der Waals surface area contributed by atoms with E-state index in [1.165, 1.54) is 0 Å². The summed E-state index contributed by atoms with van der Waals surface area (Å²) in [6.07, 6.45) is 1.65. The highest BCUT2D eigenvalue weighted by molar-refractivity contribution is 5.95. The molecule has 0 aliphatic heterocycles. The number of nitrogens with zero attached hydrogens (tertiary/aromatic N) is 1. The average molecular weight is 420 g/mol. The van der Waals surface area contributed by atoms with E-state index >= 15 is 0 Å². The largest absolute Gasteiger partial charge is 0.491 e. The summed E-state index contributed by atoms with van der Waals surface area (Å²) in [5.41, 5.74) is 4.22. The molecule has 3 aromatic rings. The van der Waals surface area contributed by atoms with E-state index in [0.717, 1.165) is 27.8 Å². The smallest absolute Gasteiger partial charge is 0.259 e. The molecule has 0 unspecified atom stereocenters. The molecule has 0 saturated carbocycles. The number of amides is 1. The zero-order chi connectivity index (χ0) is 22.2. The minimum absolute atomic E-state index is 0.000867. The molecule has 0 aliphatic carbocycles. The molecule has 2 N–H and O–H groups in total. The lowest BCUT2D eigenvalue weighted by Crippen LogP contribution is -2.26. The van der Waals surface area contributed by atoms with Gasteiger partial charge >= 0.3 is 0 Å². The first kappa shape index (κ1) is 22.2. The second kappa shape index (κ2) is 10.5. The maximum Gasteiger partial charge on any atom is 0.259 e. The second-order valence-electron chi connectivity index (χ2n) is 7.71. The van der Waals surface area contributed by atoms with E-state index in [0.29, 0.717) is 5.75 Å². The molecule has 0 saturated heterocycles. The van der Waals surface area contributed by atoms with Gasteiger partial charge in [-0.1, -0.05) is 36.4 Å². The van der Waals surface area contributed by atoms with Gasteiger partial charge in [-0.15, -0.1) is 0 Å². The van der Waals surface area contributed by atoms with Gasteiger partial charge in [-0.05, 0) is 51.3 Å². The van der Waals surface area contributed by atoms with Crippen LogP contribution in [0, 0.1) is 0 Å². The topological polar surface area (TPSA) is 72.0 Å². The zero-order valence-corrected chi connectivity index (χ0v) is 18.4. The van der Waals surface area contributed by atoms with Crippen LogP contribution in [0.4, 0.5) is 5.69 Å². The summed E-state index contributed by atoms with van der Waals surface area (Å²) in [5, 5.41) is 9.45. The fraction of sp³-hybridized carbons (Fsp3) is 0.280. The van der Waals surface area contributed by atoms with Crippen molar-refractivity contribution in [1.29, 1.82) is 0 Å². The first-order valence-corrected chi connectivity index (χ1v) is 10.4. The van der Waals surface area contributed by atoms with Gasteiger partial charge in [-0.25, -0.2) is 5.43 Å². The third-order valence-electron chi connectivity index (χ3n) is 4.34. The molecular weight excluding hydrogens is 390 g/mol. The molecule has 31 heavy (non-hydrogen) atoms. The van der Waals surface area contributed by atoms with Crippen LogP contribution >= 0.6 is 0 Å². The van der Waals surface area contributed by atoms with Gasteiger partial charge in [0.15, 0.2) is 0 Å². The third kappa shape index (κ3) is 6.47. The van der Waals surface area contributed by atoms with Gasteiger partial charge in [0.05, 0.1) is 25.0 Å². The fourth-order valence-corrected chi connectivity index (χ4v) is 3.09. The number of carbonyl (C=O) groups excluding carboxylic acids is 1. The number of hydrazone groups is 1. The van der Waals surface area contributed by atoms with Gasteiger partial charge in [0.25, 0.3) is 5.91 Å². The maximum atomic E-state index is 12.2. The Morgan fingerprint density at radius 2 is 1.71 bits per heavy atom. The monoisotopic (exact) mass is 419 g/mol. The Labute approximate surface area is 183 Å². The molecule has 0 radical (unpaired) electrons. The van der Waals surface area contributed by atoms with Crippen LogP contribution in [0.3, 0.4) is 0 Å². The second-order valence-corrected chi connectivity index (χ2v) is 7.71. The highest BCUT2D eigenvalue weighted by Crippen LogP contribution is 2.26. The maximum absolute atomic E-state index is 12.2. The van der Waals surface area contributed by atoms with Crippen molar-refractivity contribution in [3.05, 3.63) is 66.2 Å². The van der Waals surface area contributed by atoms with Crippen molar-refractivity contribution in [1.82, 2.24) is 5.43 Å². The Kier molecular flexibility index (Phi) is 7.49. The molecular formula is C25H29N3O3. The number of anilines is 1. The molecule has 0 bridgehead atoms. The van der Waals surface area contributed by atoms with Crippen LogP contribution in [0.25, 0.3) is 10.8 Å². The molecule has 0 fully saturated rings. The van der Waals surface area contributed by atoms with Crippen LogP contribution in [0.1, 0.15) is 33.3 Å². The van der Waals surface area contributed by atoms with Crippen molar-refractivity contribution in [2.75, 3.05) is 11.9 Å². The van der Waals surface area contributed by atoms with Crippen molar-refractivity contribution in [3.8, 4) is 11.5 Å². The first-order valence-electron chi connectivity index (χ1n) is 10.4. The summed E-state index contributed by atoms with van der Waals surface area (Å²) < 4.78 is 11.6. The van der Waals surface area contributed by atoms with Crippen molar-refractivity contribution < 1.29 is 14.3 Å². The van der Waals surface area contributed by atoms with Gasteiger partial charge < -0.3 is 14.8 Å². The standard InChI is InChI=1S/C25H29N3O3/c1-17(2)30-21-13-12-20(24(14-21)31-18(3)4)15-27-28-25(29)16-26-23-11-7-9-19-8-5-6-10-22(19)23/h5-15,17-18,26H,16H2,1-4H3,(H,28,29)/b27-15-. The van der Waals surface area contributed by atoms with Gasteiger partial charge in [-0.2, -0.15) is 5.10 Å². The molecule has 6 nitrogen and oxygen atoms in total. The number of ether oxygens (including phenoxy) is 2. The minimum Gasteiger partial charge on any atom is -0.491 e. The van der Waals surface area contributed by atoms with Crippen LogP contribution < -0.4 is 20.2 Å². The molecule has 162 valence electrons. The lowest BCUT2D eigenvalue weighted by Gasteiger charge is -2.15. The number of nitrogens with one attached hydrogen (secondary N) is 2. The van der Waals surface area contributed by atoms with Gasteiger partial charge in [0.2, 0.25) is 0 Å². The van der Waals surface area contributed by atoms with E-state index < -0.39 is 0 Å². The van der Waals surface area contributed by atoms with E-state index in [-0.39, 0.29) is 24.7 Å². The molecule has 3 aromatic carbocycles. The van der Waals surface area contributed by atoms with Crippen molar-refractivity contribution >= 4 is 28.6 Å². The van der Waals surface area contributed by atoms with E-state index in [1.54, 1.807) is 6.21 Å². The van der Waals surface area contributed by atoms with Crippen LogP contribution in [-0.2, 0) is 4.79 Å². The summed E-state index contributed by atoms with van der Waals surface area (Å²) in [7, 11) is 0. The summed E-state index contributed by atoms with van der Waals surface area (Å²) in [6, 6.07) is 19.6. The summed E-state index contributed by atoms with van der Waals surface area (Å²) >= 11 is 0. The van der Waals surface area contributed by atoms with E-state index in [2.05, 4.69) is 15.8 Å². The summed E-state index contributed by atoms with van der Waals surface area (Å²) in [5.74, 6) is 1.14. The predicted octanol–water partition coefficient (Wildman–Crippen LogP) is 4.98. The molecule has 0 aromatic heterocycles. The number of hydrogen-bond donors (Lipinski definition) is 2. The highest BCUT2D eigenvalue weighted by atomic mass is 16.5. The Hall–Kier alpha value is -3.54. The summed E-state index contributed by atoms with van der Waals surface area (Å²) in [4.78, 5) is 12.2. The van der Waals surface area contributed by atoms with Crippen LogP contribution in [0.15, 0.2) is 65.8 Å². The Morgan fingerprint density at radius 3 is 2.48 bits per heavy atom. The quantitative estimate of drug-likeness (QED) is 0.379. The third-order valence-corrected chi connectivity index (χ3v) is 4.34. The lowest BCUT2D eigenvalue weighted by molar-refractivity contribution is -0.119. The number of carbonyl (C=O) groups is 1. The van der Waals surface area contributed by atoms with Gasteiger partial charge in [0.1, 0.15) is 11.5 Å². The van der Waals surface area contributed by atoms with Crippen molar-refractivity contribution in [2.45, 2.75) is 39.9 Å². The van der Waals surface area contributed by atoms with E-state index in [1.807, 2.05) is 88.4 Å². The number of benzene rings is 3. The molecule has 1 amide bonds. The lowest BCUT2D eigenvalue weighted by atomic mass is 10.1. The SMILES string of the molecule is CC(C)Oc1ccc(/C=N\NC(=O)CNc2cccc3ccccc23)c(OC(C)C)c1. The minimum atomic E-state index is -0.240. The first-order chi connectivity index (χ1) is 14.9. The normalized spacial score (nSPS) is 11.3. The van der Waals surface area contributed by atoms with Crippen molar-refractivity contribution in [3.63, 3.8) is 0 Å². The molecule has 0 spiro atoms. The van der Waals surface area contributed by atoms with Crippen molar-refractivity contribution in [2.24, 2.45) is 5.10 Å².